The number of ketones is 1. The third kappa shape index (κ3) is 0.919. The average Bonchev–Trinajstić information content (AvgIpc) is 2.17. The van der Waals surface area contributed by atoms with Crippen LogP contribution in [0.15, 0.2) is 22.8 Å². The van der Waals surface area contributed by atoms with Crippen LogP contribution in [0.4, 0.5) is 0 Å². The molecule has 1 nitrogen and oxygen atoms in total. The molecule has 10 heavy (non-hydrogen) atoms. The Kier molecular flexibility index (Phi) is 1.75. The van der Waals surface area contributed by atoms with Crippen LogP contribution < -0.4 is 0 Å². The van der Waals surface area contributed by atoms with Gasteiger partial charge in [-0.25, -0.2) is 0 Å². The van der Waals surface area contributed by atoms with Crippen LogP contribution >= 0.6 is 0 Å². The topological polar surface area (TPSA) is 17.1 Å². The molecule has 1 heteroatoms. The summed E-state index contributed by atoms with van der Waals surface area (Å²) in [5.41, 5.74) is 3.11. The third-order valence-electron chi connectivity index (χ3n) is 2.08. The van der Waals surface area contributed by atoms with Crippen molar-refractivity contribution < 1.29 is 4.79 Å². The van der Waals surface area contributed by atoms with Crippen LogP contribution in [-0.4, -0.2) is 5.78 Å². The first-order valence-electron chi connectivity index (χ1n) is 3.53. The van der Waals surface area contributed by atoms with Crippen molar-refractivity contribution in [3.05, 3.63) is 22.8 Å². The van der Waals surface area contributed by atoms with Gasteiger partial charge in [0.25, 0.3) is 0 Å². The van der Waals surface area contributed by atoms with Gasteiger partial charge in [-0.15, -0.1) is 0 Å². The summed E-state index contributed by atoms with van der Waals surface area (Å²) >= 11 is 0. The van der Waals surface area contributed by atoms with E-state index in [1.165, 1.54) is 5.57 Å². The van der Waals surface area contributed by atoms with Crippen LogP contribution in [0.5, 0.6) is 0 Å². The van der Waals surface area contributed by atoms with Crippen LogP contribution in [0.25, 0.3) is 0 Å². The Morgan fingerprint density at radius 2 is 2.00 bits per heavy atom. The Morgan fingerprint density at radius 1 is 1.40 bits per heavy atom. The van der Waals surface area contributed by atoms with E-state index in [-0.39, 0.29) is 5.78 Å². The molecule has 0 radical (unpaired) electrons. The summed E-state index contributed by atoms with van der Waals surface area (Å²) in [5, 5.41) is 0. The molecule has 0 aromatic rings. The first-order chi connectivity index (χ1) is 4.66. The van der Waals surface area contributed by atoms with Gasteiger partial charge in [0.05, 0.1) is 0 Å². The standard InChI is InChI=1S/C9H12O/c1-4-8-5-6(2)7(3)9(8)10/h4H,5H2,1-3H3/b8-4-. The minimum atomic E-state index is 0.236. The van der Waals surface area contributed by atoms with E-state index in [0.717, 1.165) is 17.6 Å². The molecule has 0 unspecified atom stereocenters. The third-order valence-corrected chi connectivity index (χ3v) is 2.08. The Hall–Kier alpha value is -0.850. The van der Waals surface area contributed by atoms with Gasteiger partial charge in [-0.3, -0.25) is 4.79 Å². The van der Waals surface area contributed by atoms with Gasteiger partial charge in [-0.05, 0) is 38.3 Å². The minimum Gasteiger partial charge on any atom is -0.289 e. The lowest BCUT2D eigenvalue weighted by Crippen LogP contribution is -1.94. The summed E-state index contributed by atoms with van der Waals surface area (Å²) < 4.78 is 0. The normalized spacial score (nSPS) is 23.1. The molecule has 1 rings (SSSR count). The quantitative estimate of drug-likeness (QED) is 0.467. The Bertz CT molecular complexity index is 231. The number of carbonyl (C=O) groups is 1. The zero-order valence-electron chi connectivity index (χ0n) is 6.69. The van der Waals surface area contributed by atoms with E-state index in [1.54, 1.807) is 0 Å². The van der Waals surface area contributed by atoms with Crippen LogP contribution in [0, 0.1) is 0 Å². The average molecular weight is 136 g/mol. The zero-order chi connectivity index (χ0) is 7.72. The van der Waals surface area contributed by atoms with E-state index in [4.69, 9.17) is 0 Å². The highest BCUT2D eigenvalue weighted by atomic mass is 16.1. The number of carbonyl (C=O) groups excluding carboxylic acids is 1. The van der Waals surface area contributed by atoms with Crippen molar-refractivity contribution >= 4 is 5.78 Å². The smallest absolute Gasteiger partial charge is 0.184 e. The molecule has 1 aliphatic rings. The van der Waals surface area contributed by atoms with Crippen LogP contribution in [0.3, 0.4) is 0 Å². The van der Waals surface area contributed by atoms with Crippen LogP contribution in [-0.2, 0) is 4.79 Å². The molecule has 0 fully saturated rings. The SMILES string of the molecule is C/C=C1/CC(C)=C(C)C1=O. The molecule has 0 atom stereocenters. The largest absolute Gasteiger partial charge is 0.289 e. The molecule has 0 saturated heterocycles. The summed E-state index contributed by atoms with van der Waals surface area (Å²) in [6.45, 7) is 5.83. The maximum atomic E-state index is 11.2. The van der Waals surface area contributed by atoms with Gasteiger partial charge in [0.15, 0.2) is 5.78 Å². The Labute approximate surface area is 61.4 Å². The van der Waals surface area contributed by atoms with Crippen molar-refractivity contribution in [1.29, 1.82) is 0 Å². The first-order valence-corrected chi connectivity index (χ1v) is 3.53. The highest BCUT2D eigenvalue weighted by Gasteiger charge is 2.20. The summed E-state index contributed by atoms with van der Waals surface area (Å²) in [6.07, 6.45) is 2.77. The number of rotatable bonds is 0. The monoisotopic (exact) mass is 136 g/mol. The van der Waals surface area contributed by atoms with Crippen molar-refractivity contribution in [3.8, 4) is 0 Å². The fraction of sp³-hybridized carbons (Fsp3) is 0.444. The molecule has 0 aromatic heterocycles. The van der Waals surface area contributed by atoms with Crippen LogP contribution in [0.1, 0.15) is 27.2 Å². The number of hydrogen-bond donors (Lipinski definition) is 0. The van der Waals surface area contributed by atoms with E-state index in [2.05, 4.69) is 0 Å². The van der Waals surface area contributed by atoms with Crippen molar-refractivity contribution in [2.75, 3.05) is 0 Å². The molecule has 0 amide bonds. The number of Topliss-reactive ketones (excluding diaryl/α,β-unsaturated/α-hetero) is 1. The van der Waals surface area contributed by atoms with E-state index in [1.807, 2.05) is 26.8 Å². The molecular formula is C9H12O. The molecule has 0 spiro atoms. The van der Waals surface area contributed by atoms with E-state index < -0.39 is 0 Å². The molecular weight excluding hydrogens is 124 g/mol. The van der Waals surface area contributed by atoms with Crippen molar-refractivity contribution in [2.24, 2.45) is 0 Å². The molecule has 0 aliphatic heterocycles. The summed E-state index contributed by atoms with van der Waals surface area (Å²) in [4.78, 5) is 11.2. The first kappa shape index (κ1) is 7.26. The van der Waals surface area contributed by atoms with Crippen molar-refractivity contribution in [2.45, 2.75) is 27.2 Å². The number of hydrogen-bond acceptors (Lipinski definition) is 1. The van der Waals surface area contributed by atoms with Gasteiger partial charge in [-0.1, -0.05) is 11.6 Å². The lowest BCUT2D eigenvalue weighted by molar-refractivity contribution is -0.111. The highest BCUT2D eigenvalue weighted by Crippen LogP contribution is 2.26. The fourth-order valence-corrected chi connectivity index (χ4v) is 1.17. The second kappa shape index (κ2) is 2.41. The maximum absolute atomic E-state index is 11.2. The Balaban J connectivity index is 2.98. The van der Waals surface area contributed by atoms with Gasteiger partial charge < -0.3 is 0 Å². The van der Waals surface area contributed by atoms with Gasteiger partial charge in [-0.2, -0.15) is 0 Å². The minimum absolute atomic E-state index is 0.236. The second-order valence-electron chi connectivity index (χ2n) is 2.73. The van der Waals surface area contributed by atoms with Gasteiger partial charge in [0.1, 0.15) is 0 Å². The molecule has 0 heterocycles. The molecule has 0 aromatic carbocycles. The maximum Gasteiger partial charge on any atom is 0.184 e. The highest BCUT2D eigenvalue weighted by molar-refractivity contribution is 6.11. The van der Waals surface area contributed by atoms with Gasteiger partial charge in [0, 0.05) is 0 Å². The summed E-state index contributed by atoms with van der Waals surface area (Å²) in [6, 6.07) is 0. The fourth-order valence-electron chi connectivity index (χ4n) is 1.17. The lowest BCUT2D eigenvalue weighted by atomic mass is 10.1. The van der Waals surface area contributed by atoms with Gasteiger partial charge >= 0.3 is 0 Å². The lowest BCUT2D eigenvalue weighted by Gasteiger charge is -1.89. The predicted octanol–water partition coefficient (Wildman–Crippen LogP) is 2.24. The molecule has 1 aliphatic carbocycles. The molecule has 54 valence electrons. The van der Waals surface area contributed by atoms with E-state index in [0.29, 0.717) is 0 Å². The molecule has 0 bridgehead atoms. The van der Waals surface area contributed by atoms with Crippen LogP contribution in [0.2, 0.25) is 0 Å². The second-order valence-corrected chi connectivity index (χ2v) is 2.73. The van der Waals surface area contributed by atoms with Crippen molar-refractivity contribution in [3.63, 3.8) is 0 Å². The number of allylic oxidation sites excluding steroid dienone is 4. The van der Waals surface area contributed by atoms with Crippen molar-refractivity contribution in [1.82, 2.24) is 0 Å². The Morgan fingerprint density at radius 3 is 2.20 bits per heavy atom. The zero-order valence-corrected chi connectivity index (χ0v) is 6.69. The summed E-state index contributed by atoms with van der Waals surface area (Å²) in [7, 11) is 0. The molecule has 0 N–H and O–H groups in total. The van der Waals surface area contributed by atoms with E-state index in [9.17, 15) is 4.79 Å². The summed E-state index contributed by atoms with van der Waals surface area (Å²) in [5.74, 6) is 0.236. The predicted molar refractivity (Wildman–Crippen MR) is 41.8 cm³/mol. The van der Waals surface area contributed by atoms with Gasteiger partial charge in [0.2, 0.25) is 0 Å². The van der Waals surface area contributed by atoms with E-state index >= 15 is 0 Å². The molecule has 0 saturated carbocycles.